The van der Waals surface area contributed by atoms with Crippen molar-refractivity contribution in [2.45, 2.75) is 25.2 Å². The lowest BCUT2D eigenvalue weighted by atomic mass is 9.84. The number of aryl methyl sites for hydroxylation is 1. The number of hydrogen-bond acceptors (Lipinski definition) is 4. The van der Waals surface area contributed by atoms with Gasteiger partial charge in [0.15, 0.2) is 0 Å². The number of carboxylic acid groups (broad SMARTS) is 1. The average Bonchev–Trinajstić information content (AvgIpc) is 2.88. The van der Waals surface area contributed by atoms with Crippen molar-refractivity contribution in [3.05, 3.63) is 47.2 Å². The Labute approximate surface area is 103 Å². The van der Waals surface area contributed by atoms with E-state index in [1.54, 1.807) is 0 Å². The zero-order valence-corrected chi connectivity index (χ0v) is 9.67. The molecule has 0 saturated carbocycles. The van der Waals surface area contributed by atoms with E-state index < -0.39 is 5.97 Å². The van der Waals surface area contributed by atoms with Crippen molar-refractivity contribution in [2.24, 2.45) is 0 Å². The molecule has 3 rings (SSSR count). The van der Waals surface area contributed by atoms with E-state index in [1.165, 1.54) is 11.1 Å². The molecule has 5 nitrogen and oxygen atoms in total. The number of benzene rings is 1. The average molecular weight is 244 g/mol. The molecule has 1 N–H and O–H groups in total. The van der Waals surface area contributed by atoms with Gasteiger partial charge in [-0.15, -0.1) is 10.2 Å². The predicted octanol–water partition coefficient (Wildman–Crippen LogP) is 2.04. The van der Waals surface area contributed by atoms with E-state index in [2.05, 4.69) is 22.3 Å². The lowest BCUT2D eigenvalue weighted by Gasteiger charge is -2.21. The highest BCUT2D eigenvalue weighted by Crippen LogP contribution is 2.31. The Morgan fingerprint density at radius 3 is 2.78 bits per heavy atom. The number of aromatic carboxylic acids is 1. The summed E-state index contributed by atoms with van der Waals surface area (Å²) in [5.41, 5.74) is 2.63. The minimum absolute atomic E-state index is 0.125. The lowest BCUT2D eigenvalue weighted by Crippen LogP contribution is -2.12. The first-order valence-corrected chi connectivity index (χ1v) is 5.87. The summed E-state index contributed by atoms with van der Waals surface area (Å²) in [6.45, 7) is 0. The minimum Gasteiger partial charge on any atom is -0.474 e. The largest absolute Gasteiger partial charge is 0.474 e. The second kappa shape index (κ2) is 4.25. The highest BCUT2D eigenvalue weighted by atomic mass is 16.4. The van der Waals surface area contributed by atoms with Gasteiger partial charge in [0.1, 0.15) is 0 Å². The Hall–Kier alpha value is -2.17. The van der Waals surface area contributed by atoms with E-state index in [4.69, 9.17) is 9.52 Å². The zero-order valence-electron chi connectivity index (χ0n) is 9.67. The van der Waals surface area contributed by atoms with Crippen molar-refractivity contribution in [1.82, 2.24) is 10.2 Å². The molecular formula is C13H12N2O3. The van der Waals surface area contributed by atoms with E-state index in [0.717, 1.165) is 19.3 Å². The summed E-state index contributed by atoms with van der Waals surface area (Å²) >= 11 is 0. The molecule has 1 aliphatic rings. The lowest BCUT2D eigenvalue weighted by molar-refractivity contribution is 0.0650. The van der Waals surface area contributed by atoms with Crippen molar-refractivity contribution < 1.29 is 14.3 Å². The highest BCUT2D eigenvalue weighted by molar-refractivity contribution is 5.81. The van der Waals surface area contributed by atoms with Crippen LogP contribution in [0.3, 0.4) is 0 Å². The van der Waals surface area contributed by atoms with Gasteiger partial charge in [0.25, 0.3) is 0 Å². The van der Waals surface area contributed by atoms with Crippen molar-refractivity contribution in [2.75, 3.05) is 0 Å². The van der Waals surface area contributed by atoms with Crippen LogP contribution in [0.5, 0.6) is 0 Å². The first kappa shape index (κ1) is 11.0. The molecule has 0 spiro atoms. The molecule has 0 fully saturated rings. The van der Waals surface area contributed by atoms with Gasteiger partial charge in [-0.3, -0.25) is 0 Å². The van der Waals surface area contributed by atoms with Crippen molar-refractivity contribution in [3.63, 3.8) is 0 Å². The molecule has 1 atom stereocenters. The van der Waals surface area contributed by atoms with Crippen LogP contribution in [-0.2, 0) is 12.8 Å². The Bertz CT molecular complexity index is 591. The van der Waals surface area contributed by atoms with Gasteiger partial charge in [0.05, 0.1) is 0 Å². The molecule has 0 bridgehead atoms. The quantitative estimate of drug-likeness (QED) is 0.874. The molecule has 0 amide bonds. The Morgan fingerprint density at radius 2 is 2.06 bits per heavy atom. The summed E-state index contributed by atoms with van der Waals surface area (Å²) in [6, 6.07) is 8.27. The summed E-state index contributed by atoms with van der Waals surface area (Å²) in [7, 11) is 0. The molecule has 18 heavy (non-hydrogen) atoms. The van der Waals surface area contributed by atoms with Gasteiger partial charge >= 0.3 is 11.9 Å². The molecule has 5 heteroatoms. The van der Waals surface area contributed by atoms with Gasteiger partial charge in [0, 0.05) is 5.92 Å². The van der Waals surface area contributed by atoms with E-state index in [9.17, 15) is 4.79 Å². The van der Waals surface area contributed by atoms with Crippen LogP contribution in [0.4, 0.5) is 0 Å². The predicted molar refractivity (Wildman–Crippen MR) is 62.5 cm³/mol. The number of hydrogen-bond donors (Lipinski definition) is 1. The van der Waals surface area contributed by atoms with Crippen molar-refractivity contribution in [3.8, 4) is 0 Å². The molecule has 0 saturated heterocycles. The van der Waals surface area contributed by atoms with Gasteiger partial charge in [-0.25, -0.2) is 4.79 Å². The second-order valence-electron chi connectivity index (χ2n) is 4.46. The van der Waals surface area contributed by atoms with E-state index in [-0.39, 0.29) is 11.8 Å². The van der Waals surface area contributed by atoms with Crippen LogP contribution >= 0.6 is 0 Å². The first-order valence-electron chi connectivity index (χ1n) is 5.87. The molecule has 1 aliphatic carbocycles. The van der Waals surface area contributed by atoms with Crippen LogP contribution in [0.2, 0.25) is 0 Å². The zero-order chi connectivity index (χ0) is 12.5. The molecule has 2 aromatic rings. The molecule has 92 valence electrons. The third-order valence-corrected chi connectivity index (χ3v) is 3.32. The third kappa shape index (κ3) is 1.88. The number of aromatic nitrogens is 2. The molecular weight excluding hydrogens is 232 g/mol. The maximum absolute atomic E-state index is 10.7. The van der Waals surface area contributed by atoms with Crippen LogP contribution in [0, 0.1) is 0 Å². The van der Waals surface area contributed by atoms with Crippen molar-refractivity contribution in [1.29, 1.82) is 0 Å². The van der Waals surface area contributed by atoms with Gasteiger partial charge in [0.2, 0.25) is 5.89 Å². The smallest absolute Gasteiger partial charge is 0.393 e. The van der Waals surface area contributed by atoms with Crippen LogP contribution in [0.1, 0.15) is 40.0 Å². The fourth-order valence-corrected chi connectivity index (χ4v) is 2.39. The SMILES string of the molecule is O=C(O)c1nnc(C2CCc3ccccc3C2)o1. The van der Waals surface area contributed by atoms with Crippen molar-refractivity contribution >= 4 is 5.97 Å². The van der Waals surface area contributed by atoms with Gasteiger partial charge in [-0.05, 0) is 30.4 Å². The molecule has 1 aromatic carbocycles. The standard InChI is InChI=1S/C13H12N2O3/c16-13(17)12-15-14-11(18-12)10-6-5-8-3-1-2-4-9(8)7-10/h1-4,10H,5-7H2,(H,16,17). The maximum Gasteiger partial charge on any atom is 0.393 e. The van der Waals surface area contributed by atoms with Gasteiger partial charge in [-0.2, -0.15) is 0 Å². The molecule has 0 aliphatic heterocycles. The van der Waals surface area contributed by atoms with Crippen LogP contribution < -0.4 is 0 Å². The Kier molecular flexibility index (Phi) is 2.59. The van der Waals surface area contributed by atoms with E-state index >= 15 is 0 Å². The van der Waals surface area contributed by atoms with E-state index in [1.807, 2.05) is 12.1 Å². The number of carboxylic acids is 1. The van der Waals surface area contributed by atoms with Gasteiger partial charge in [-0.1, -0.05) is 24.3 Å². The summed E-state index contributed by atoms with van der Waals surface area (Å²) in [5.74, 6) is -0.948. The Morgan fingerprint density at radius 1 is 1.28 bits per heavy atom. The minimum atomic E-state index is -1.18. The van der Waals surface area contributed by atoms with Crippen LogP contribution in [0.25, 0.3) is 0 Å². The fraction of sp³-hybridized carbons (Fsp3) is 0.308. The third-order valence-electron chi connectivity index (χ3n) is 3.32. The number of nitrogens with zero attached hydrogens (tertiary/aromatic N) is 2. The number of fused-ring (bicyclic) bond motifs is 1. The number of rotatable bonds is 2. The molecule has 1 aromatic heterocycles. The highest BCUT2D eigenvalue weighted by Gasteiger charge is 2.25. The van der Waals surface area contributed by atoms with E-state index in [0.29, 0.717) is 5.89 Å². The molecule has 1 unspecified atom stereocenters. The maximum atomic E-state index is 10.7. The normalized spacial score (nSPS) is 18.3. The first-order chi connectivity index (χ1) is 8.74. The Balaban J connectivity index is 1.85. The monoisotopic (exact) mass is 244 g/mol. The summed E-state index contributed by atoms with van der Waals surface area (Å²) in [4.78, 5) is 10.7. The molecule has 1 heterocycles. The molecule has 0 radical (unpaired) electrons. The summed E-state index contributed by atoms with van der Waals surface area (Å²) in [6.07, 6.45) is 2.71. The fourth-order valence-electron chi connectivity index (χ4n) is 2.39. The second-order valence-corrected chi connectivity index (χ2v) is 4.46. The number of carbonyl (C=O) groups is 1. The van der Waals surface area contributed by atoms with Gasteiger partial charge < -0.3 is 9.52 Å². The summed E-state index contributed by atoms with van der Waals surface area (Å²) < 4.78 is 5.18. The van der Waals surface area contributed by atoms with Crippen LogP contribution in [0.15, 0.2) is 28.7 Å². The van der Waals surface area contributed by atoms with Crippen LogP contribution in [-0.4, -0.2) is 21.3 Å². The topological polar surface area (TPSA) is 76.2 Å². The summed E-state index contributed by atoms with van der Waals surface area (Å²) in [5, 5.41) is 16.1.